The fourth-order valence-corrected chi connectivity index (χ4v) is 2.91. The first-order valence-electron chi connectivity index (χ1n) is 7.77. The molecule has 2 aliphatic heterocycles. The van der Waals surface area contributed by atoms with Gasteiger partial charge in [-0.15, -0.1) is 0 Å². The fraction of sp³-hybridized carbons (Fsp3) is 0.667. The number of amides is 1. The summed E-state index contributed by atoms with van der Waals surface area (Å²) >= 11 is 0. The summed E-state index contributed by atoms with van der Waals surface area (Å²) in [6.45, 7) is 3.93. The molecule has 0 radical (unpaired) electrons. The number of hydrogen-bond donors (Lipinski definition) is 0. The van der Waals surface area contributed by atoms with Crippen molar-refractivity contribution in [2.24, 2.45) is 0 Å². The minimum atomic E-state index is 0.0415. The summed E-state index contributed by atoms with van der Waals surface area (Å²) in [7, 11) is 1.57. The number of carbonyl (C=O) groups excluding carboxylic acids is 1. The summed E-state index contributed by atoms with van der Waals surface area (Å²) in [5, 5.41) is 0. The molecule has 2 aliphatic rings. The molecule has 1 unspecified atom stereocenters. The second-order valence-corrected chi connectivity index (χ2v) is 5.76. The van der Waals surface area contributed by atoms with Gasteiger partial charge in [0, 0.05) is 26.2 Å². The Balaban J connectivity index is 1.46. The van der Waals surface area contributed by atoms with Crippen LogP contribution in [0, 0.1) is 0 Å². The molecule has 3 rings (SSSR count). The number of ether oxygens (including phenoxy) is 2. The zero-order valence-corrected chi connectivity index (χ0v) is 12.9. The molecule has 0 aromatic carbocycles. The van der Waals surface area contributed by atoms with Crippen molar-refractivity contribution >= 4 is 5.91 Å². The van der Waals surface area contributed by atoms with E-state index in [1.165, 1.54) is 0 Å². The van der Waals surface area contributed by atoms with Crippen molar-refractivity contribution in [2.75, 3.05) is 39.8 Å². The standard InChI is InChI=1S/C15H22N4O3/c1-21-13-8-16-15(17-9-13)22-12-4-7-18(10-12)11-14(20)19-5-2-3-6-19/h8-9,12H,2-7,10-11H2,1H3. The quantitative estimate of drug-likeness (QED) is 0.792. The average Bonchev–Trinajstić information content (AvgIpc) is 3.20. The van der Waals surface area contributed by atoms with Crippen molar-refractivity contribution in [3.8, 4) is 11.8 Å². The lowest BCUT2D eigenvalue weighted by molar-refractivity contribution is -0.131. The summed E-state index contributed by atoms with van der Waals surface area (Å²) < 4.78 is 10.8. The molecule has 0 saturated carbocycles. The predicted molar refractivity (Wildman–Crippen MR) is 79.9 cm³/mol. The van der Waals surface area contributed by atoms with E-state index in [1.54, 1.807) is 19.5 Å². The van der Waals surface area contributed by atoms with Crippen molar-refractivity contribution < 1.29 is 14.3 Å². The predicted octanol–water partition coefficient (Wildman–Crippen LogP) is 0.561. The monoisotopic (exact) mass is 306 g/mol. The van der Waals surface area contributed by atoms with Crippen LogP contribution in [0.4, 0.5) is 0 Å². The molecule has 1 atom stereocenters. The number of likely N-dealkylation sites (tertiary alicyclic amines) is 2. The van der Waals surface area contributed by atoms with Gasteiger partial charge in [-0.1, -0.05) is 0 Å². The highest BCUT2D eigenvalue weighted by molar-refractivity contribution is 5.78. The molecular formula is C15H22N4O3. The summed E-state index contributed by atoms with van der Waals surface area (Å²) in [5.74, 6) is 0.843. The van der Waals surface area contributed by atoms with Crippen LogP contribution in [0.5, 0.6) is 11.8 Å². The molecule has 0 N–H and O–H groups in total. The van der Waals surface area contributed by atoms with E-state index < -0.39 is 0 Å². The van der Waals surface area contributed by atoms with E-state index in [1.807, 2.05) is 4.90 Å². The smallest absolute Gasteiger partial charge is 0.316 e. The van der Waals surface area contributed by atoms with Crippen molar-refractivity contribution in [3.63, 3.8) is 0 Å². The van der Waals surface area contributed by atoms with E-state index >= 15 is 0 Å². The van der Waals surface area contributed by atoms with Crippen molar-refractivity contribution in [1.29, 1.82) is 0 Å². The molecule has 2 fully saturated rings. The number of aromatic nitrogens is 2. The first-order chi connectivity index (χ1) is 10.7. The molecule has 0 bridgehead atoms. The Morgan fingerprint density at radius 1 is 1.27 bits per heavy atom. The van der Waals surface area contributed by atoms with Crippen LogP contribution in [-0.2, 0) is 4.79 Å². The van der Waals surface area contributed by atoms with Crippen molar-refractivity contribution in [3.05, 3.63) is 12.4 Å². The van der Waals surface area contributed by atoms with Crippen LogP contribution >= 0.6 is 0 Å². The Morgan fingerprint density at radius 2 is 2.00 bits per heavy atom. The van der Waals surface area contributed by atoms with Crippen LogP contribution in [0.15, 0.2) is 12.4 Å². The average molecular weight is 306 g/mol. The Morgan fingerprint density at radius 3 is 2.68 bits per heavy atom. The molecule has 7 nitrogen and oxygen atoms in total. The first kappa shape index (κ1) is 15.0. The lowest BCUT2D eigenvalue weighted by Gasteiger charge is -2.20. The van der Waals surface area contributed by atoms with E-state index in [9.17, 15) is 4.79 Å². The molecule has 3 heterocycles. The van der Waals surface area contributed by atoms with Gasteiger partial charge in [0.15, 0.2) is 5.75 Å². The number of hydrogen-bond acceptors (Lipinski definition) is 6. The Bertz CT molecular complexity index is 502. The van der Waals surface area contributed by atoms with E-state index in [-0.39, 0.29) is 12.0 Å². The largest absolute Gasteiger partial charge is 0.494 e. The molecule has 1 aromatic heterocycles. The molecule has 0 aliphatic carbocycles. The fourth-order valence-electron chi connectivity index (χ4n) is 2.91. The zero-order chi connectivity index (χ0) is 15.4. The summed E-state index contributed by atoms with van der Waals surface area (Å²) in [5.41, 5.74) is 0. The molecule has 2 saturated heterocycles. The number of carbonyl (C=O) groups is 1. The van der Waals surface area contributed by atoms with Gasteiger partial charge in [0.25, 0.3) is 0 Å². The van der Waals surface area contributed by atoms with Crippen LogP contribution in [0.25, 0.3) is 0 Å². The minimum Gasteiger partial charge on any atom is -0.494 e. The molecule has 22 heavy (non-hydrogen) atoms. The summed E-state index contributed by atoms with van der Waals surface area (Å²) in [4.78, 5) is 24.5. The van der Waals surface area contributed by atoms with Gasteiger partial charge < -0.3 is 14.4 Å². The maximum absolute atomic E-state index is 12.1. The molecule has 0 spiro atoms. The molecule has 7 heteroatoms. The van der Waals surface area contributed by atoms with E-state index in [2.05, 4.69) is 14.9 Å². The first-order valence-corrected chi connectivity index (χ1v) is 7.77. The van der Waals surface area contributed by atoms with Crippen molar-refractivity contribution in [2.45, 2.75) is 25.4 Å². The Kier molecular flexibility index (Phi) is 4.72. The molecular weight excluding hydrogens is 284 g/mol. The van der Waals surface area contributed by atoms with Crippen LogP contribution in [-0.4, -0.2) is 71.6 Å². The van der Waals surface area contributed by atoms with Gasteiger partial charge in [-0.2, -0.15) is 9.97 Å². The summed E-state index contributed by atoms with van der Waals surface area (Å²) in [6.07, 6.45) is 6.37. The third kappa shape index (κ3) is 3.65. The van der Waals surface area contributed by atoms with Gasteiger partial charge in [-0.25, -0.2) is 0 Å². The number of nitrogens with zero attached hydrogens (tertiary/aromatic N) is 4. The van der Waals surface area contributed by atoms with Crippen molar-refractivity contribution in [1.82, 2.24) is 19.8 Å². The van der Waals surface area contributed by atoms with E-state index in [0.717, 1.165) is 45.4 Å². The second-order valence-electron chi connectivity index (χ2n) is 5.76. The van der Waals surface area contributed by atoms with Gasteiger partial charge in [-0.3, -0.25) is 9.69 Å². The number of rotatable bonds is 5. The van der Waals surface area contributed by atoms with E-state index in [0.29, 0.717) is 18.3 Å². The zero-order valence-electron chi connectivity index (χ0n) is 12.9. The maximum atomic E-state index is 12.1. The van der Waals surface area contributed by atoms with Crippen LogP contribution < -0.4 is 9.47 Å². The Hall–Kier alpha value is -1.89. The maximum Gasteiger partial charge on any atom is 0.316 e. The van der Waals surface area contributed by atoms with Gasteiger partial charge in [0.1, 0.15) is 6.10 Å². The van der Waals surface area contributed by atoms with Gasteiger partial charge in [-0.05, 0) is 19.3 Å². The highest BCUT2D eigenvalue weighted by atomic mass is 16.5. The highest BCUT2D eigenvalue weighted by Crippen LogP contribution is 2.17. The third-order valence-corrected chi connectivity index (χ3v) is 4.16. The minimum absolute atomic E-state index is 0.0415. The highest BCUT2D eigenvalue weighted by Gasteiger charge is 2.28. The Labute approximate surface area is 130 Å². The summed E-state index contributed by atoms with van der Waals surface area (Å²) in [6, 6.07) is 0.360. The molecule has 1 aromatic rings. The topological polar surface area (TPSA) is 67.8 Å². The number of methoxy groups -OCH3 is 1. The SMILES string of the molecule is COc1cnc(OC2CCN(CC(=O)N3CCCC3)C2)nc1. The van der Waals surface area contributed by atoms with Gasteiger partial charge in [0.05, 0.1) is 26.0 Å². The lowest BCUT2D eigenvalue weighted by Crippen LogP contribution is -2.38. The normalized spacial score (nSPS) is 22.0. The van der Waals surface area contributed by atoms with Gasteiger partial charge >= 0.3 is 6.01 Å². The third-order valence-electron chi connectivity index (χ3n) is 4.16. The van der Waals surface area contributed by atoms with Gasteiger partial charge in [0.2, 0.25) is 5.91 Å². The molecule has 120 valence electrons. The van der Waals surface area contributed by atoms with Crippen LogP contribution in [0.3, 0.4) is 0 Å². The van der Waals surface area contributed by atoms with E-state index in [4.69, 9.17) is 9.47 Å². The second kappa shape index (κ2) is 6.91. The molecule has 1 amide bonds. The van der Waals surface area contributed by atoms with Crippen LogP contribution in [0.1, 0.15) is 19.3 Å². The van der Waals surface area contributed by atoms with Crippen LogP contribution in [0.2, 0.25) is 0 Å². The lowest BCUT2D eigenvalue weighted by atomic mass is 10.3.